The normalized spacial score (nSPS) is 15.2. The summed E-state index contributed by atoms with van der Waals surface area (Å²) in [6.07, 6.45) is 0. The third-order valence-electron chi connectivity index (χ3n) is 4.08. The number of fused-ring (bicyclic) bond motifs is 1. The minimum absolute atomic E-state index is 0.00471. The van der Waals surface area contributed by atoms with Crippen LogP contribution < -0.4 is 10.2 Å². The van der Waals surface area contributed by atoms with Gasteiger partial charge in [0, 0.05) is 30.4 Å². The summed E-state index contributed by atoms with van der Waals surface area (Å²) in [6.45, 7) is 3.69. The molecule has 1 N–H and O–H groups in total. The number of nitrogens with one attached hydrogen (secondary N) is 1. The van der Waals surface area contributed by atoms with Gasteiger partial charge in [-0.05, 0) is 37.2 Å². The van der Waals surface area contributed by atoms with Crippen LogP contribution in [0.15, 0.2) is 42.5 Å². The summed E-state index contributed by atoms with van der Waals surface area (Å²) in [5.41, 5.74) is 4.41. The van der Waals surface area contributed by atoms with Crippen LogP contribution in [0.4, 0.5) is 10.1 Å². The number of anilines is 1. The molecule has 1 aliphatic rings. The molecule has 2 aromatic rings. The van der Waals surface area contributed by atoms with Crippen LogP contribution in [0.25, 0.3) is 0 Å². The highest BCUT2D eigenvalue weighted by molar-refractivity contribution is 5.58. The Morgan fingerprint density at radius 1 is 1.05 bits per heavy atom. The van der Waals surface area contributed by atoms with Crippen LogP contribution in [0.3, 0.4) is 0 Å². The van der Waals surface area contributed by atoms with Gasteiger partial charge in [0.15, 0.2) is 0 Å². The number of rotatable bonds is 3. The predicted octanol–water partition coefficient (Wildman–Crippen LogP) is 3.63. The molecule has 20 heavy (non-hydrogen) atoms. The molecule has 0 saturated carbocycles. The Morgan fingerprint density at radius 2 is 1.70 bits per heavy atom. The van der Waals surface area contributed by atoms with Crippen LogP contribution >= 0.6 is 0 Å². The van der Waals surface area contributed by atoms with Crippen molar-refractivity contribution in [2.45, 2.75) is 26.1 Å². The van der Waals surface area contributed by atoms with Crippen molar-refractivity contribution in [1.29, 1.82) is 0 Å². The Hall–Kier alpha value is -1.87. The van der Waals surface area contributed by atoms with E-state index in [-0.39, 0.29) is 11.9 Å². The molecule has 1 unspecified atom stereocenters. The first-order valence-electron chi connectivity index (χ1n) is 6.98. The van der Waals surface area contributed by atoms with Crippen LogP contribution in [-0.2, 0) is 13.1 Å². The second-order valence-corrected chi connectivity index (χ2v) is 5.31. The SMILES string of the molecule is CNC(C)c1c(F)cccc1N1Cc2ccccc2C1. The van der Waals surface area contributed by atoms with E-state index in [1.165, 1.54) is 17.2 Å². The Bertz CT molecular complexity index is 599. The van der Waals surface area contributed by atoms with Crippen LogP contribution in [0.1, 0.15) is 29.7 Å². The van der Waals surface area contributed by atoms with E-state index < -0.39 is 0 Å². The first-order valence-corrected chi connectivity index (χ1v) is 6.98. The predicted molar refractivity (Wildman–Crippen MR) is 80.2 cm³/mol. The highest BCUT2D eigenvalue weighted by Crippen LogP contribution is 2.34. The fourth-order valence-electron chi connectivity index (χ4n) is 2.88. The summed E-state index contributed by atoms with van der Waals surface area (Å²) in [6, 6.07) is 13.8. The summed E-state index contributed by atoms with van der Waals surface area (Å²) in [4.78, 5) is 2.25. The van der Waals surface area contributed by atoms with Gasteiger partial charge < -0.3 is 10.2 Å². The zero-order valence-corrected chi connectivity index (χ0v) is 11.9. The first-order chi connectivity index (χ1) is 9.70. The Labute approximate surface area is 119 Å². The van der Waals surface area contributed by atoms with Crippen LogP contribution in [0, 0.1) is 5.82 Å². The maximum atomic E-state index is 14.2. The van der Waals surface area contributed by atoms with Crippen molar-refractivity contribution in [3.05, 3.63) is 65.0 Å². The lowest BCUT2D eigenvalue weighted by Crippen LogP contribution is -2.21. The number of nitrogens with zero attached hydrogens (tertiary/aromatic N) is 1. The summed E-state index contributed by atoms with van der Waals surface area (Å²) in [7, 11) is 1.86. The molecule has 0 fully saturated rings. The summed E-state index contributed by atoms with van der Waals surface area (Å²) >= 11 is 0. The molecule has 0 aliphatic carbocycles. The summed E-state index contributed by atoms with van der Waals surface area (Å²) < 4.78 is 14.2. The van der Waals surface area contributed by atoms with Crippen LogP contribution in [-0.4, -0.2) is 7.05 Å². The van der Waals surface area contributed by atoms with E-state index in [0.29, 0.717) is 0 Å². The average molecular weight is 270 g/mol. The Kier molecular flexibility index (Phi) is 3.45. The van der Waals surface area contributed by atoms with Gasteiger partial charge in [-0.25, -0.2) is 4.39 Å². The lowest BCUT2D eigenvalue weighted by Gasteiger charge is -2.24. The lowest BCUT2D eigenvalue weighted by atomic mass is 10.0. The van der Waals surface area contributed by atoms with Crippen molar-refractivity contribution in [2.75, 3.05) is 11.9 Å². The molecule has 0 aromatic heterocycles. The van der Waals surface area contributed by atoms with E-state index in [4.69, 9.17) is 0 Å². The van der Waals surface area contributed by atoms with Crippen molar-refractivity contribution in [1.82, 2.24) is 5.32 Å². The molecule has 3 rings (SSSR count). The second kappa shape index (κ2) is 5.25. The van der Waals surface area contributed by atoms with E-state index >= 15 is 0 Å². The summed E-state index contributed by atoms with van der Waals surface area (Å²) in [5, 5.41) is 3.14. The molecular formula is C17H19FN2. The van der Waals surface area contributed by atoms with Gasteiger partial charge in [0.1, 0.15) is 5.82 Å². The van der Waals surface area contributed by atoms with E-state index in [1.54, 1.807) is 6.07 Å². The minimum Gasteiger partial charge on any atom is -0.362 e. The molecule has 1 heterocycles. The van der Waals surface area contributed by atoms with E-state index in [2.05, 4.69) is 34.5 Å². The topological polar surface area (TPSA) is 15.3 Å². The zero-order valence-electron chi connectivity index (χ0n) is 11.9. The monoisotopic (exact) mass is 270 g/mol. The van der Waals surface area contributed by atoms with Gasteiger partial charge in [0.25, 0.3) is 0 Å². The number of hydrogen-bond acceptors (Lipinski definition) is 2. The first kappa shape index (κ1) is 13.1. The summed E-state index contributed by atoms with van der Waals surface area (Å²) in [5.74, 6) is -0.139. The maximum absolute atomic E-state index is 14.2. The highest BCUT2D eigenvalue weighted by atomic mass is 19.1. The molecular weight excluding hydrogens is 251 g/mol. The van der Waals surface area contributed by atoms with Crippen LogP contribution in [0.2, 0.25) is 0 Å². The highest BCUT2D eigenvalue weighted by Gasteiger charge is 2.23. The molecule has 104 valence electrons. The van der Waals surface area contributed by atoms with Crippen molar-refractivity contribution < 1.29 is 4.39 Å². The molecule has 2 aromatic carbocycles. The molecule has 0 saturated heterocycles. The number of hydrogen-bond donors (Lipinski definition) is 1. The molecule has 0 amide bonds. The lowest BCUT2D eigenvalue weighted by molar-refractivity contribution is 0.560. The smallest absolute Gasteiger partial charge is 0.130 e. The van der Waals surface area contributed by atoms with Gasteiger partial charge in [0.2, 0.25) is 0 Å². The molecule has 0 radical (unpaired) electrons. The van der Waals surface area contributed by atoms with Crippen molar-refractivity contribution in [2.24, 2.45) is 0 Å². The van der Waals surface area contributed by atoms with Crippen molar-refractivity contribution in [3.63, 3.8) is 0 Å². The van der Waals surface area contributed by atoms with E-state index in [1.807, 2.05) is 20.0 Å². The van der Waals surface area contributed by atoms with E-state index in [0.717, 1.165) is 24.3 Å². The largest absolute Gasteiger partial charge is 0.362 e. The molecule has 0 spiro atoms. The van der Waals surface area contributed by atoms with Gasteiger partial charge in [-0.3, -0.25) is 0 Å². The zero-order chi connectivity index (χ0) is 14.1. The maximum Gasteiger partial charge on any atom is 0.130 e. The van der Waals surface area contributed by atoms with Crippen molar-refractivity contribution >= 4 is 5.69 Å². The Morgan fingerprint density at radius 3 is 2.30 bits per heavy atom. The fraction of sp³-hybridized carbons (Fsp3) is 0.294. The molecule has 2 nitrogen and oxygen atoms in total. The van der Waals surface area contributed by atoms with Crippen molar-refractivity contribution in [3.8, 4) is 0 Å². The van der Waals surface area contributed by atoms with Gasteiger partial charge in [-0.1, -0.05) is 30.3 Å². The third-order valence-corrected chi connectivity index (χ3v) is 4.08. The minimum atomic E-state index is -0.139. The van der Waals surface area contributed by atoms with E-state index in [9.17, 15) is 4.39 Å². The molecule has 0 bridgehead atoms. The molecule has 1 aliphatic heterocycles. The number of halogens is 1. The second-order valence-electron chi connectivity index (χ2n) is 5.31. The molecule has 3 heteroatoms. The standard InChI is InChI=1S/C17H19FN2/c1-12(19-2)17-15(18)8-5-9-16(17)20-10-13-6-3-4-7-14(13)11-20/h3-9,12,19H,10-11H2,1-2H3. The van der Waals surface area contributed by atoms with Gasteiger partial charge >= 0.3 is 0 Å². The quantitative estimate of drug-likeness (QED) is 0.916. The number of benzene rings is 2. The fourth-order valence-corrected chi connectivity index (χ4v) is 2.88. The van der Waals surface area contributed by atoms with Gasteiger partial charge in [0.05, 0.1) is 0 Å². The Balaban J connectivity index is 1.99. The molecule has 1 atom stereocenters. The van der Waals surface area contributed by atoms with Gasteiger partial charge in [-0.2, -0.15) is 0 Å². The average Bonchev–Trinajstić information content (AvgIpc) is 2.90. The van der Waals surface area contributed by atoms with Crippen LogP contribution in [0.5, 0.6) is 0 Å². The van der Waals surface area contributed by atoms with Gasteiger partial charge in [-0.15, -0.1) is 0 Å². The third kappa shape index (κ3) is 2.18.